The van der Waals surface area contributed by atoms with Gasteiger partial charge in [0, 0.05) is 29.2 Å². The van der Waals surface area contributed by atoms with Gasteiger partial charge in [-0.25, -0.2) is 0 Å². The number of phenolic OH excluding ortho intramolecular Hbond substituents is 1. The Kier molecular flexibility index (Phi) is 10.8. The number of aliphatic imine (C=N–C) groups is 1. The number of benzene rings is 2. The highest BCUT2D eigenvalue weighted by Crippen LogP contribution is 2.40. The van der Waals surface area contributed by atoms with Gasteiger partial charge in [0.1, 0.15) is 18.1 Å². The summed E-state index contributed by atoms with van der Waals surface area (Å²) >= 11 is 0. The van der Waals surface area contributed by atoms with Crippen molar-refractivity contribution in [1.29, 1.82) is 0 Å². The zero-order valence-electron chi connectivity index (χ0n) is 24.5. The van der Waals surface area contributed by atoms with Crippen LogP contribution in [0.15, 0.2) is 47.5 Å². The molecule has 0 saturated carbocycles. The van der Waals surface area contributed by atoms with Crippen LogP contribution in [0, 0.1) is 11.8 Å². The number of halogens is 1. The van der Waals surface area contributed by atoms with E-state index in [0.29, 0.717) is 17.9 Å². The minimum Gasteiger partial charge on any atom is -0.507 e. The minimum absolute atomic E-state index is 0. The maximum atomic E-state index is 13.8. The van der Waals surface area contributed by atoms with Gasteiger partial charge in [-0.05, 0) is 47.3 Å². The summed E-state index contributed by atoms with van der Waals surface area (Å²) in [5.41, 5.74) is 2.57. The largest absolute Gasteiger partial charge is 0.507 e. The molecule has 0 bridgehead atoms. The van der Waals surface area contributed by atoms with E-state index in [1.54, 1.807) is 0 Å². The molecule has 2 aromatic rings. The van der Waals surface area contributed by atoms with Crippen LogP contribution in [-0.4, -0.2) is 52.3 Å². The highest BCUT2D eigenvalue weighted by atomic mass is 35.5. The van der Waals surface area contributed by atoms with E-state index in [1.807, 2.05) is 76.8 Å². The first-order valence-corrected chi connectivity index (χ1v) is 13.7. The lowest BCUT2D eigenvalue weighted by atomic mass is 9.78. The second-order valence-corrected chi connectivity index (χ2v) is 12.6. The number of rotatable bonds is 9. The van der Waals surface area contributed by atoms with Crippen molar-refractivity contribution in [2.24, 2.45) is 16.8 Å². The summed E-state index contributed by atoms with van der Waals surface area (Å²) in [6.45, 7) is 14.8. The Morgan fingerprint density at radius 2 is 1.56 bits per heavy atom. The number of hydrogen-bond donors (Lipinski definition) is 2. The van der Waals surface area contributed by atoms with Gasteiger partial charge >= 0.3 is 5.97 Å². The molecule has 39 heavy (non-hydrogen) atoms. The van der Waals surface area contributed by atoms with E-state index in [1.165, 1.54) is 5.56 Å². The molecule has 0 spiro atoms. The molecule has 7 heteroatoms. The molecule has 0 aromatic heterocycles. The van der Waals surface area contributed by atoms with Crippen molar-refractivity contribution in [3.63, 3.8) is 0 Å². The van der Waals surface area contributed by atoms with Crippen LogP contribution in [-0.2, 0) is 22.0 Å². The van der Waals surface area contributed by atoms with E-state index in [0.717, 1.165) is 30.4 Å². The molecular weight excluding hydrogens is 512 g/mol. The number of carboxylic acid groups (broad SMARTS) is 1. The molecule has 2 atom stereocenters. The molecule has 214 valence electrons. The number of carbonyl (C=O) groups excluding carboxylic acids is 1. The highest BCUT2D eigenvalue weighted by molar-refractivity contribution is 6.01. The molecule has 2 N–H and O–H groups in total. The van der Waals surface area contributed by atoms with E-state index < -0.39 is 5.97 Å². The first-order valence-electron chi connectivity index (χ1n) is 13.7. The van der Waals surface area contributed by atoms with Crippen LogP contribution in [0.4, 0.5) is 0 Å². The standard InChI is InChI=1S/C32H44N2O4.ClH/c1-8-12-22-19-34(30(33-18-28(36)37)24(22)15-21-13-10-9-11-14-21)20-27(35)23-16-25(31(2,3)4)29(38)26(17-23)32(5,6)7;/h9-11,13-14,16-17,22,24,38H,8,12,15,18-20H2,1-7H3,(H,36,37);1H. The SMILES string of the molecule is CCCC1CN(CC(=O)c2cc(C(C)(C)C)c(O)c(C(C)(C)C)c2)C(=NCC(=O)O)C1Cc1ccccc1.Cl. The van der Waals surface area contributed by atoms with E-state index in [4.69, 9.17) is 0 Å². The normalized spacial score (nSPS) is 18.7. The van der Waals surface area contributed by atoms with Gasteiger partial charge in [-0.2, -0.15) is 0 Å². The van der Waals surface area contributed by atoms with Crippen molar-refractivity contribution in [1.82, 2.24) is 4.90 Å². The van der Waals surface area contributed by atoms with Crippen molar-refractivity contribution in [3.8, 4) is 5.75 Å². The third-order valence-electron chi connectivity index (χ3n) is 7.40. The van der Waals surface area contributed by atoms with Crippen LogP contribution in [0.2, 0.25) is 0 Å². The van der Waals surface area contributed by atoms with E-state index in [-0.39, 0.29) is 59.7 Å². The second-order valence-electron chi connectivity index (χ2n) is 12.6. The Bertz CT molecular complexity index is 1140. The number of phenols is 1. The average Bonchev–Trinajstić information content (AvgIpc) is 3.12. The maximum absolute atomic E-state index is 13.8. The molecule has 1 saturated heterocycles. The topological polar surface area (TPSA) is 90.2 Å². The molecule has 1 heterocycles. The van der Waals surface area contributed by atoms with Gasteiger partial charge in [-0.1, -0.05) is 85.2 Å². The molecule has 1 aliphatic heterocycles. The van der Waals surface area contributed by atoms with Gasteiger partial charge in [-0.3, -0.25) is 14.6 Å². The number of nitrogens with zero attached hydrogens (tertiary/aromatic N) is 2. The van der Waals surface area contributed by atoms with Gasteiger partial charge in [0.15, 0.2) is 5.78 Å². The van der Waals surface area contributed by atoms with E-state index in [9.17, 15) is 19.8 Å². The fourth-order valence-electron chi connectivity index (χ4n) is 5.45. The fraction of sp³-hybridized carbons (Fsp3) is 0.531. The molecular formula is C32H45ClN2O4. The Hall–Kier alpha value is -2.86. The van der Waals surface area contributed by atoms with Gasteiger partial charge in [0.2, 0.25) is 0 Å². The Balaban J connectivity index is 0.00000533. The van der Waals surface area contributed by atoms with Crippen LogP contribution in [0.5, 0.6) is 5.75 Å². The summed E-state index contributed by atoms with van der Waals surface area (Å²) in [5.74, 6) is 0.269. The molecule has 2 unspecified atom stereocenters. The summed E-state index contributed by atoms with van der Waals surface area (Å²) < 4.78 is 0. The predicted molar refractivity (Wildman–Crippen MR) is 161 cm³/mol. The zero-order chi connectivity index (χ0) is 28.3. The monoisotopic (exact) mass is 556 g/mol. The number of ketones is 1. The van der Waals surface area contributed by atoms with Crippen LogP contribution in [0.1, 0.15) is 88.4 Å². The van der Waals surface area contributed by atoms with Gasteiger partial charge in [-0.15, -0.1) is 12.4 Å². The molecule has 0 amide bonds. The number of carboxylic acids is 1. The number of Topliss-reactive ketones (excluding diaryl/α,β-unsaturated/α-hetero) is 1. The average molecular weight is 557 g/mol. The summed E-state index contributed by atoms with van der Waals surface area (Å²) in [6, 6.07) is 13.8. The quantitative estimate of drug-likeness (QED) is 0.337. The van der Waals surface area contributed by atoms with Crippen molar-refractivity contribution in [2.45, 2.75) is 78.6 Å². The second kappa shape index (κ2) is 13.0. The number of aliphatic carboxylic acids is 1. The van der Waals surface area contributed by atoms with Gasteiger partial charge in [0.05, 0.1) is 6.54 Å². The van der Waals surface area contributed by atoms with Crippen molar-refractivity contribution < 1.29 is 19.8 Å². The van der Waals surface area contributed by atoms with Crippen LogP contribution >= 0.6 is 12.4 Å². The lowest BCUT2D eigenvalue weighted by molar-refractivity contribution is -0.135. The lowest BCUT2D eigenvalue weighted by Crippen LogP contribution is -2.34. The molecule has 0 aliphatic carbocycles. The van der Waals surface area contributed by atoms with Crippen molar-refractivity contribution in [3.05, 3.63) is 64.7 Å². The fourth-order valence-corrected chi connectivity index (χ4v) is 5.45. The third kappa shape index (κ3) is 8.07. The van der Waals surface area contributed by atoms with Crippen molar-refractivity contribution in [2.75, 3.05) is 19.6 Å². The van der Waals surface area contributed by atoms with E-state index >= 15 is 0 Å². The molecule has 3 rings (SSSR count). The van der Waals surface area contributed by atoms with Crippen molar-refractivity contribution >= 4 is 30.0 Å². The Morgan fingerprint density at radius 1 is 1.00 bits per heavy atom. The number of carbonyl (C=O) groups is 2. The summed E-state index contributed by atoms with van der Waals surface area (Å²) in [4.78, 5) is 31.8. The number of likely N-dealkylation sites (tertiary alicyclic amines) is 1. The predicted octanol–water partition coefficient (Wildman–Crippen LogP) is 6.67. The molecule has 2 aromatic carbocycles. The number of hydrogen-bond acceptors (Lipinski definition) is 4. The highest BCUT2D eigenvalue weighted by Gasteiger charge is 2.39. The Labute approximate surface area is 240 Å². The summed E-state index contributed by atoms with van der Waals surface area (Å²) in [5, 5.41) is 20.5. The molecule has 1 fully saturated rings. The first kappa shape index (κ1) is 32.4. The van der Waals surface area contributed by atoms with Crippen LogP contribution < -0.4 is 0 Å². The summed E-state index contributed by atoms with van der Waals surface area (Å²) in [7, 11) is 0. The third-order valence-corrected chi connectivity index (χ3v) is 7.40. The van der Waals surface area contributed by atoms with Gasteiger partial charge in [0.25, 0.3) is 0 Å². The Morgan fingerprint density at radius 3 is 2.05 bits per heavy atom. The minimum atomic E-state index is -0.982. The zero-order valence-corrected chi connectivity index (χ0v) is 25.3. The van der Waals surface area contributed by atoms with Gasteiger partial charge < -0.3 is 15.1 Å². The smallest absolute Gasteiger partial charge is 0.325 e. The van der Waals surface area contributed by atoms with E-state index in [2.05, 4.69) is 24.0 Å². The van der Waals surface area contributed by atoms with Crippen LogP contribution in [0.3, 0.4) is 0 Å². The maximum Gasteiger partial charge on any atom is 0.325 e. The number of amidine groups is 1. The molecule has 0 radical (unpaired) electrons. The molecule has 1 aliphatic rings. The summed E-state index contributed by atoms with van der Waals surface area (Å²) in [6.07, 6.45) is 2.75. The number of aromatic hydroxyl groups is 1. The molecule has 6 nitrogen and oxygen atoms in total. The van der Waals surface area contributed by atoms with Crippen LogP contribution in [0.25, 0.3) is 0 Å². The first-order chi connectivity index (χ1) is 17.7. The lowest BCUT2D eigenvalue weighted by Gasteiger charge is -2.28.